The lowest BCUT2D eigenvalue weighted by molar-refractivity contribution is 0.0229. The van der Waals surface area contributed by atoms with Gasteiger partial charge in [0, 0.05) is 29.9 Å². The molecule has 0 saturated carbocycles. The zero-order valence-electron chi connectivity index (χ0n) is 18.8. The standard InChI is InChI=1S/C24H23F2N5O3/c1-13-8-17(15(3)28-19-7-5-4-6-16(19)23(33)34)20-29-21(18(10-27)22(32)30(20)11-13)31-12-24(25,26)9-14(31)2/h4-8,11,14-15,28H,9,12H2,1-3H3,(H,33,34)/t14-,15+/m0/s1. The minimum atomic E-state index is -2.95. The first-order valence-electron chi connectivity index (χ1n) is 10.7. The van der Waals surface area contributed by atoms with Crippen molar-refractivity contribution in [1.82, 2.24) is 9.38 Å². The fourth-order valence-corrected chi connectivity index (χ4v) is 4.42. The topological polar surface area (TPSA) is 111 Å². The Labute approximate surface area is 194 Å². The summed E-state index contributed by atoms with van der Waals surface area (Å²) in [4.78, 5) is 30.7. The first kappa shape index (κ1) is 23.2. The molecule has 1 aliphatic heterocycles. The van der Waals surface area contributed by atoms with E-state index >= 15 is 0 Å². The lowest BCUT2D eigenvalue weighted by atomic mass is 10.1. The predicted octanol–water partition coefficient (Wildman–Crippen LogP) is 3.98. The van der Waals surface area contributed by atoms with Crippen LogP contribution < -0.4 is 15.8 Å². The molecule has 1 saturated heterocycles. The maximum atomic E-state index is 14.1. The summed E-state index contributed by atoms with van der Waals surface area (Å²) < 4.78 is 29.4. The van der Waals surface area contributed by atoms with E-state index in [0.717, 1.165) is 0 Å². The summed E-state index contributed by atoms with van der Waals surface area (Å²) >= 11 is 0. The Morgan fingerprint density at radius 1 is 1.38 bits per heavy atom. The maximum absolute atomic E-state index is 14.1. The largest absolute Gasteiger partial charge is 0.478 e. The molecular formula is C24H23F2N5O3. The predicted molar refractivity (Wildman–Crippen MR) is 123 cm³/mol. The van der Waals surface area contributed by atoms with Gasteiger partial charge in [-0.05, 0) is 44.5 Å². The number of aromatic carboxylic acids is 1. The molecule has 34 heavy (non-hydrogen) atoms. The normalized spacial score (nSPS) is 18.0. The molecule has 2 N–H and O–H groups in total. The third-order valence-electron chi connectivity index (χ3n) is 5.98. The van der Waals surface area contributed by atoms with Gasteiger partial charge >= 0.3 is 5.97 Å². The van der Waals surface area contributed by atoms with Crippen molar-refractivity contribution in [2.24, 2.45) is 0 Å². The number of anilines is 2. The van der Waals surface area contributed by atoms with Crippen LogP contribution in [0.25, 0.3) is 5.65 Å². The molecule has 0 aliphatic carbocycles. The molecule has 8 nitrogen and oxygen atoms in total. The first-order valence-corrected chi connectivity index (χ1v) is 10.7. The molecule has 3 heterocycles. The molecule has 2 aromatic heterocycles. The number of aryl methyl sites for hydroxylation is 1. The number of alkyl halides is 2. The van der Waals surface area contributed by atoms with Crippen molar-refractivity contribution in [2.45, 2.75) is 45.2 Å². The van der Waals surface area contributed by atoms with E-state index < -0.39 is 42.5 Å². The number of hydrogen-bond donors (Lipinski definition) is 2. The summed E-state index contributed by atoms with van der Waals surface area (Å²) in [5.41, 5.74) is 0.998. The number of halogens is 2. The van der Waals surface area contributed by atoms with E-state index in [0.29, 0.717) is 16.8 Å². The minimum Gasteiger partial charge on any atom is -0.478 e. The summed E-state index contributed by atoms with van der Waals surface area (Å²) in [6.45, 7) is 4.53. The first-order chi connectivity index (χ1) is 16.0. The average molecular weight is 467 g/mol. The fraction of sp³-hybridized carbons (Fsp3) is 0.333. The van der Waals surface area contributed by atoms with Crippen molar-refractivity contribution in [1.29, 1.82) is 5.26 Å². The number of carboxylic acids is 1. The van der Waals surface area contributed by atoms with Crippen molar-refractivity contribution in [3.05, 3.63) is 69.1 Å². The van der Waals surface area contributed by atoms with Gasteiger partial charge in [-0.2, -0.15) is 5.26 Å². The van der Waals surface area contributed by atoms with Gasteiger partial charge < -0.3 is 15.3 Å². The molecule has 2 atom stereocenters. The van der Waals surface area contributed by atoms with E-state index in [2.05, 4.69) is 10.3 Å². The van der Waals surface area contributed by atoms with Crippen LogP contribution in [0.2, 0.25) is 0 Å². The van der Waals surface area contributed by atoms with Gasteiger partial charge in [0.05, 0.1) is 18.2 Å². The van der Waals surface area contributed by atoms with Gasteiger partial charge in [0.25, 0.3) is 11.5 Å². The molecule has 0 radical (unpaired) electrons. The number of rotatable bonds is 5. The highest BCUT2D eigenvalue weighted by molar-refractivity contribution is 5.94. The maximum Gasteiger partial charge on any atom is 0.337 e. The number of aromatic nitrogens is 2. The summed E-state index contributed by atoms with van der Waals surface area (Å²) in [6.07, 6.45) is 1.14. The van der Waals surface area contributed by atoms with E-state index in [1.807, 2.05) is 6.07 Å². The number of carboxylic acid groups (broad SMARTS) is 1. The summed E-state index contributed by atoms with van der Waals surface area (Å²) in [6, 6.07) is 8.95. The molecule has 0 bridgehead atoms. The molecule has 1 aromatic carbocycles. The third kappa shape index (κ3) is 4.05. The zero-order chi connectivity index (χ0) is 24.8. The second kappa shape index (κ2) is 8.41. The van der Waals surface area contributed by atoms with Crippen LogP contribution in [-0.4, -0.2) is 39.0 Å². The van der Waals surface area contributed by atoms with Gasteiger partial charge in [-0.15, -0.1) is 0 Å². The number of pyridine rings is 1. The molecule has 3 aromatic rings. The Hall–Kier alpha value is -4.00. The molecular weight excluding hydrogens is 444 g/mol. The number of nitrogens with zero attached hydrogens (tertiary/aromatic N) is 4. The quantitative estimate of drug-likeness (QED) is 0.584. The summed E-state index contributed by atoms with van der Waals surface area (Å²) in [5.74, 6) is -4.12. The van der Waals surface area contributed by atoms with Crippen molar-refractivity contribution in [3.8, 4) is 6.07 Å². The second-order valence-corrected chi connectivity index (χ2v) is 8.65. The third-order valence-corrected chi connectivity index (χ3v) is 5.98. The summed E-state index contributed by atoms with van der Waals surface area (Å²) in [7, 11) is 0. The Balaban J connectivity index is 1.89. The Morgan fingerprint density at radius 3 is 2.71 bits per heavy atom. The molecule has 0 amide bonds. The van der Waals surface area contributed by atoms with E-state index in [4.69, 9.17) is 0 Å². The summed E-state index contributed by atoms with van der Waals surface area (Å²) in [5, 5.41) is 22.3. The number of nitrogens with one attached hydrogen (secondary N) is 1. The van der Waals surface area contributed by atoms with Crippen LogP contribution in [0.3, 0.4) is 0 Å². The van der Waals surface area contributed by atoms with Crippen molar-refractivity contribution in [3.63, 3.8) is 0 Å². The van der Waals surface area contributed by atoms with Crippen LogP contribution in [0.5, 0.6) is 0 Å². The zero-order valence-corrected chi connectivity index (χ0v) is 18.8. The van der Waals surface area contributed by atoms with Gasteiger partial charge in [0.15, 0.2) is 11.4 Å². The molecule has 1 fully saturated rings. The molecule has 1 aliphatic rings. The van der Waals surface area contributed by atoms with Gasteiger partial charge in [0.1, 0.15) is 11.7 Å². The van der Waals surface area contributed by atoms with Crippen molar-refractivity contribution >= 4 is 23.1 Å². The minimum absolute atomic E-state index is 0.0691. The lowest BCUT2D eigenvalue weighted by Gasteiger charge is -2.24. The van der Waals surface area contributed by atoms with Crippen LogP contribution in [0.1, 0.15) is 53.4 Å². The smallest absolute Gasteiger partial charge is 0.337 e. The number of nitriles is 1. The second-order valence-electron chi connectivity index (χ2n) is 8.65. The van der Waals surface area contributed by atoms with Gasteiger partial charge in [-0.3, -0.25) is 9.20 Å². The van der Waals surface area contributed by atoms with Crippen LogP contribution in [0.4, 0.5) is 20.3 Å². The van der Waals surface area contributed by atoms with E-state index in [1.165, 1.54) is 15.4 Å². The monoisotopic (exact) mass is 467 g/mol. The van der Waals surface area contributed by atoms with E-state index in [-0.39, 0.29) is 22.6 Å². The molecule has 0 spiro atoms. The Morgan fingerprint density at radius 2 is 2.09 bits per heavy atom. The molecule has 0 unspecified atom stereocenters. The number of benzene rings is 1. The highest BCUT2D eigenvalue weighted by Gasteiger charge is 2.44. The highest BCUT2D eigenvalue weighted by Crippen LogP contribution is 2.36. The Kier molecular flexibility index (Phi) is 5.73. The van der Waals surface area contributed by atoms with E-state index in [9.17, 15) is 28.7 Å². The number of para-hydroxylation sites is 1. The SMILES string of the molecule is Cc1cc([C@@H](C)Nc2ccccc2C(=O)O)c2nc(N3CC(F)(F)C[C@@H]3C)c(C#N)c(=O)n2c1. The molecule has 4 rings (SSSR count). The van der Waals surface area contributed by atoms with E-state index in [1.54, 1.807) is 51.2 Å². The van der Waals surface area contributed by atoms with Gasteiger partial charge in [-0.1, -0.05) is 12.1 Å². The number of carbonyl (C=O) groups is 1. The van der Waals surface area contributed by atoms with Crippen LogP contribution in [0, 0.1) is 18.3 Å². The van der Waals surface area contributed by atoms with Crippen LogP contribution in [-0.2, 0) is 0 Å². The molecule has 176 valence electrons. The fourth-order valence-electron chi connectivity index (χ4n) is 4.42. The van der Waals surface area contributed by atoms with Crippen molar-refractivity contribution in [2.75, 3.05) is 16.8 Å². The van der Waals surface area contributed by atoms with Gasteiger partial charge in [-0.25, -0.2) is 18.6 Å². The van der Waals surface area contributed by atoms with Gasteiger partial charge in [0.2, 0.25) is 0 Å². The number of hydrogen-bond acceptors (Lipinski definition) is 6. The number of fused-ring (bicyclic) bond motifs is 1. The lowest BCUT2D eigenvalue weighted by Crippen LogP contribution is -2.33. The Bertz CT molecular complexity index is 1400. The van der Waals surface area contributed by atoms with Crippen LogP contribution >= 0.6 is 0 Å². The van der Waals surface area contributed by atoms with Crippen molar-refractivity contribution < 1.29 is 18.7 Å². The highest BCUT2D eigenvalue weighted by atomic mass is 19.3. The molecule has 10 heteroatoms. The van der Waals surface area contributed by atoms with Crippen LogP contribution in [0.15, 0.2) is 41.3 Å². The average Bonchev–Trinajstić information content (AvgIpc) is 3.05.